The standard InChI is InChI=1S/C17H18Cl2N2OS/c1-10-3-4-13(18)17(16(10)19)20-15(22)9-21-7-5-14-12(11(21)2)6-8-23-14/h3-4,6,8,11H,5,7,9H2,1-2H3,(H,20,22)/t11-/m0/s1. The van der Waals surface area contributed by atoms with E-state index in [4.69, 9.17) is 23.2 Å². The highest BCUT2D eigenvalue weighted by Crippen LogP contribution is 2.34. The van der Waals surface area contributed by atoms with Crippen LogP contribution in [0.1, 0.15) is 29.0 Å². The molecule has 0 radical (unpaired) electrons. The number of amides is 1. The Morgan fingerprint density at radius 1 is 1.39 bits per heavy atom. The summed E-state index contributed by atoms with van der Waals surface area (Å²) in [4.78, 5) is 16.0. The molecule has 1 amide bonds. The first-order chi connectivity index (χ1) is 11.0. The SMILES string of the molecule is Cc1ccc(Cl)c(NC(=O)CN2CCc3sccc3[C@@H]2C)c1Cl. The van der Waals surface area contributed by atoms with Gasteiger partial charge in [0.05, 0.1) is 22.3 Å². The Labute approximate surface area is 150 Å². The van der Waals surface area contributed by atoms with Crippen LogP contribution in [0.4, 0.5) is 5.69 Å². The van der Waals surface area contributed by atoms with Crippen molar-refractivity contribution in [3.63, 3.8) is 0 Å². The molecule has 0 fully saturated rings. The van der Waals surface area contributed by atoms with E-state index >= 15 is 0 Å². The number of anilines is 1. The largest absolute Gasteiger partial charge is 0.322 e. The number of rotatable bonds is 3. The van der Waals surface area contributed by atoms with Crippen molar-refractivity contribution in [1.29, 1.82) is 0 Å². The molecule has 3 rings (SSSR count). The van der Waals surface area contributed by atoms with Crippen LogP contribution in [0.3, 0.4) is 0 Å². The van der Waals surface area contributed by atoms with Crippen molar-refractivity contribution in [2.75, 3.05) is 18.4 Å². The van der Waals surface area contributed by atoms with Crippen molar-refractivity contribution >= 4 is 46.1 Å². The van der Waals surface area contributed by atoms with E-state index in [0.29, 0.717) is 22.3 Å². The zero-order valence-electron chi connectivity index (χ0n) is 13.0. The summed E-state index contributed by atoms with van der Waals surface area (Å²) in [6.45, 7) is 5.25. The fraction of sp³-hybridized carbons (Fsp3) is 0.353. The summed E-state index contributed by atoms with van der Waals surface area (Å²) in [6.07, 6.45) is 0.997. The van der Waals surface area contributed by atoms with Crippen LogP contribution in [0.5, 0.6) is 0 Å². The Hall–Kier alpha value is -1.07. The van der Waals surface area contributed by atoms with Crippen molar-refractivity contribution in [2.24, 2.45) is 0 Å². The molecule has 2 heterocycles. The van der Waals surface area contributed by atoms with Crippen molar-refractivity contribution < 1.29 is 4.79 Å². The summed E-state index contributed by atoms with van der Waals surface area (Å²) < 4.78 is 0. The fourth-order valence-corrected chi connectivity index (χ4v) is 4.34. The van der Waals surface area contributed by atoms with E-state index in [0.717, 1.165) is 18.5 Å². The first-order valence-corrected chi connectivity index (χ1v) is 9.15. The molecule has 0 unspecified atom stereocenters. The van der Waals surface area contributed by atoms with Crippen LogP contribution in [0.25, 0.3) is 0 Å². The molecule has 1 aromatic carbocycles. The monoisotopic (exact) mass is 368 g/mol. The van der Waals surface area contributed by atoms with Gasteiger partial charge in [0.2, 0.25) is 5.91 Å². The van der Waals surface area contributed by atoms with Gasteiger partial charge in [-0.3, -0.25) is 9.69 Å². The van der Waals surface area contributed by atoms with Crippen LogP contribution in [0.2, 0.25) is 10.0 Å². The van der Waals surface area contributed by atoms with E-state index in [1.54, 1.807) is 17.4 Å². The summed E-state index contributed by atoms with van der Waals surface area (Å²) in [6, 6.07) is 5.99. The van der Waals surface area contributed by atoms with E-state index in [2.05, 4.69) is 28.6 Å². The minimum Gasteiger partial charge on any atom is -0.322 e. The molecule has 2 aromatic rings. The maximum atomic E-state index is 12.4. The van der Waals surface area contributed by atoms with Crippen LogP contribution < -0.4 is 5.32 Å². The van der Waals surface area contributed by atoms with Crippen molar-refractivity contribution in [3.8, 4) is 0 Å². The summed E-state index contributed by atoms with van der Waals surface area (Å²) in [5.41, 5.74) is 2.72. The van der Waals surface area contributed by atoms with Gasteiger partial charge in [0.25, 0.3) is 0 Å². The molecule has 3 nitrogen and oxygen atoms in total. The number of thiophene rings is 1. The molecule has 1 N–H and O–H groups in total. The lowest BCUT2D eigenvalue weighted by molar-refractivity contribution is -0.117. The molecule has 0 bridgehead atoms. The minimum absolute atomic E-state index is 0.0927. The molecule has 6 heteroatoms. The molecule has 1 aliphatic rings. The van der Waals surface area contributed by atoms with Crippen molar-refractivity contribution in [2.45, 2.75) is 26.3 Å². The van der Waals surface area contributed by atoms with Gasteiger partial charge in [0.15, 0.2) is 0 Å². The lowest BCUT2D eigenvalue weighted by Gasteiger charge is -2.33. The molecular formula is C17H18Cl2N2OS. The van der Waals surface area contributed by atoms with Gasteiger partial charge in [0.1, 0.15) is 0 Å². The Bertz CT molecular complexity index is 744. The zero-order valence-corrected chi connectivity index (χ0v) is 15.4. The second-order valence-electron chi connectivity index (χ2n) is 5.80. The van der Waals surface area contributed by atoms with Gasteiger partial charge >= 0.3 is 0 Å². The summed E-state index contributed by atoms with van der Waals surface area (Å²) in [5, 5.41) is 5.94. The number of hydrogen-bond donors (Lipinski definition) is 1. The second kappa shape index (κ2) is 6.81. The van der Waals surface area contributed by atoms with Crippen LogP contribution >= 0.6 is 34.5 Å². The third-order valence-electron chi connectivity index (χ3n) is 4.30. The number of carbonyl (C=O) groups excluding carboxylic acids is 1. The third-order valence-corrected chi connectivity index (χ3v) is 6.10. The molecule has 0 aliphatic carbocycles. The van der Waals surface area contributed by atoms with E-state index in [1.807, 2.05) is 13.0 Å². The highest BCUT2D eigenvalue weighted by Gasteiger charge is 2.26. The highest BCUT2D eigenvalue weighted by atomic mass is 35.5. The number of nitrogens with one attached hydrogen (secondary N) is 1. The molecule has 122 valence electrons. The second-order valence-corrected chi connectivity index (χ2v) is 7.58. The highest BCUT2D eigenvalue weighted by molar-refractivity contribution is 7.10. The number of aryl methyl sites for hydroxylation is 1. The fourth-order valence-electron chi connectivity index (χ4n) is 2.91. The Balaban J connectivity index is 1.70. The predicted molar refractivity (Wildman–Crippen MR) is 97.8 cm³/mol. The van der Waals surface area contributed by atoms with Crippen LogP contribution in [-0.2, 0) is 11.2 Å². The Morgan fingerprint density at radius 2 is 2.17 bits per heavy atom. The van der Waals surface area contributed by atoms with E-state index in [1.165, 1.54) is 10.4 Å². The number of halogens is 2. The van der Waals surface area contributed by atoms with Gasteiger partial charge < -0.3 is 5.32 Å². The van der Waals surface area contributed by atoms with Gasteiger partial charge in [-0.05, 0) is 48.9 Å². The molecule has 23 heavy (non-hydrogen) atoms. The Kier molecular flexibility index (Phi) is 4.97. The normalized spacial score (nSPS) is 17.8. The first-order valence-electron chi connectivity index (χ1n) is 7.52. The van der Waals surface area contributed by atoms with Crippen molar-refractivity contribution in [3.05, 3.63) is 49.6 Å². The lowest BCUT2D eigenvalue weighted by Crippen LogP contribution is -2.39. The summed E-state index contributed by atoms with van der Waals surface area (Å²) in [7, 11) is 0. The quantitative estimate of drug-likeness (QED) is 0.833. The van der Waals surface area contributed by atoms with Gasteiger partial charge in [-0.2, -0.15) is 0 Å². The van der Waals surface area contributed by atoms with Gasteiger partial charge in [-0.25, -0.2) is 0 Å². The molecule has 1 aromatic heterocycles. The van der Waals surface area contributed by atoms with Gasteiger partial charge in [-0.15, -0.1) is 11.3 Å². The maximum absolute atomic E-state index is 12.4. The third kappa shape index (κ3) is 3.41. The summed E-state index contributed by atoms with van der Waals surface area (Å²) in [5.74, 6) is -0.0927. The number of fused-ring (bicyclic) bond motifs is 1. The smallest absolute Gasteiger partial charge is 0.238 e. The average Bonchev–Trinajstić information content (AvgIpc) is 3.00. The Morgan fingerprint density at radius 3 is 2.96 bits per heavy atom. The average molecular weight is 369 g/mol. The van der Waals surface area contributed by atoms with Crippen molar-refractivity contribution in [1.82, 2.24) is 4.90 Å². The van der Waals surface area contributed by atoms with Crippen LogP contribution in [0, 0.1) is 6.92 Å². The zero-order chi connectivity index (χ0) is 16.6. The van der Waals surface area contributed by atoms with Gasteiger partial charge in [-0.1, -0.05) is 29.3 Å². The molecule has 0 saturated carbocycles. The molecule has 0 spiro atoms. The van der Waals surface area contributed by atoms with Gasteiger partial charge in [0, 0.05) is 17.5 Å². The molecule has 0 saturated heterocycles. The number of hydrogen-bond acceptors (Lipinski definition) is 3. The first kappa shape index (κ1) is 16.8. The number of carbonyl (C=O) groups is 1. The predicted octanol–water partition coefficient (Wildman–Crippen LogP) is 4.92. The minimum atomic E-state index is -0.0927. The maximum Gasteiger partial charge on any atom is 0.238 e. The topological polar surface area (TPSA) is 32.3 Å². The number of nitrogens with zero attached hydrogens (tertiary/aromatic N) is 1. The lowest BCUT2D eigenvalue weighted by atomic mass is 10.0. The van der Waals surface area contributed by atoms with E-state index in [-0.39, 0.29) is 11.9 Å². The van der Waals surface area contributed by atoms with E-state index in [9.17, 15) is 4.79 Å². The number of benzene rings is 1. The van der Waals surface area contributed by atoms with E-state index < -0.39 is 0 Å². The van der Waals surface area contributed by atoms with Crippen LogP contribution in [-0.4, -0.2) is 23.9 Å². The summed E-state index contributed by atoms with van der Waals surface area (Å²) >= 11 is 14.2. The molecular weight excluding hydrogens is 351 g/mol. The molecule has 1 aliphatic heterocycles. The van der Waals surface area contributed by atoms with Crippen LogP contribution in [0.15, 0.2) is 23.6 Å². The molecule has 1 atom stereocenters.